The molecule has 3 rings (SSSR count). The second kappa shape index (κ2) is 3.36. The van der Waals surface area contributed by atoms with Crippen molar-refractivity contribution in [3.63, 3.8) is 0 Å². The summed E-state index contributed by atoms with van der Waals surface area (Å²) < 4.78 is 10.4. The smallest absolute Gasteiger partial charge is 0.230 e. The largest absolute Gasteiger partial charge is 0.343 e. The van der Waals surface area contributed by atoms with Crippen LogP contribution in [-0.4, -0.2) is 47.5 Å². The van der Waals surface area contributed by atoms with E-state index in [1.54, 1.807) is 0 Å². The number of nitrogens with zero attached hydrogens (tertiary/aromatic N) is 1. The Morgan fingerprint density at radius 3 is 2.50 bits per heavy atom. The first-order valence-corrected chi connectivity index (χ1v) is 5.31. The van der Waals surface area contributed by atoms with Gasteiger partial charge in [-0.25, -0.2) is 0 Å². The zero-order valence-corrected chi connectivity index (χ0v) is 8.55. The molecule has 0 aromatic rings. The van der Waals surface area contributed by atoms with E-state index in [1.807, 2.05) is 0 Å². The van der Waals surface area contributed by atoms with Gasteiger partial charge in [-0.1, -0.05) is 0 Å². The van der Waals surface area contributed by atoms with Gasteiger partial charge in [0.15, 0.2) is 5.78 Å². The molecule has 16 heavy (non-hydrogen) atoms. The summed E-state index contributed by atoms with van der Waals surface area (Å²) in [5, 5.41) is 0. The number of ether oxygens (including phenoxy) is 2. The maximum absolute atomic E-state index is 11.6. The molecule has 0 saturated carbocycles. The van der Waals surface area contributed by atoms with Crippen LogP contribution >= 0.6 is 0 Å². The highest BCUT2D eigenvalue weighted by atomic mass is 16.7. The Bertz CT molecular complexity index is 363. The van der Waals surface area contributed by atoms with Crippen LogP contribution in [0, 0.1) is 0 Å². The lowest BCUT2D eigenvalue weighted by molar-refractivity contribution is -0.163. The van der Waals surface area contributed by atoms with Crippen LogP contribution in [0.3, 0.4) is 0 Å². The number of rotatable bonds is 1. The molecule has 3 atom stereocenters. The topological polar surface area (TPSA) is 72.9 Å². The van der Waals surface area contributed by atoms with Crippen LogP contribution in [-0.2, 0) is 23.9 Å². The molecule has 0 unspecified atom stereocenters. The van der Waals surface area contributed by atoms with E-state index < -0.39 is 12.3 Å². The standard InChI is InChI=1S/C10H11NO5/c12-6-3-5(7-4-15-10(6)16-7)11-8(13)1-2-9(11)14/h5,7,10H,1-4H2/t5-,7+,10+/m1/s1. The number of likely N-dealkylation sites (tertiary alicyclic amines) is 1. The molecular formula is C10H11NO5. The molecule has 0 aromatic carbocycles. The molecule has 3 aliphatic rings. The highest BCUT2D eigenvalue weighted by Crippen LogP contribution is 2.30. The molecule has 3 fully saturated rings. The van der Waals surface area contributed by atoms with Crippen LogP contribution in [0.1, 0.15) is 19.3 Å². The van der Waals surface area contributed by atoms with Gasteiger partial charge in [-0.3, -0.25) is 19.3 Å². The van der Waals surface area contributed by atoms with Crippen LogP contribution in [0.25, 0.3) is 0 Å². The van der Waals surface area contributed by atoms with E-state index in [0.29, 0.717) is 0 Å². The van der Waals surface area contributed by atoms with Crippen molar-refractivity contribution in [2.24, 2.45) is 0 Å². The number of Topliss-reactive ketones (excluding diaryl/α,β-unsaturated/α-hetero) is 1. The van der Waals surface area contributed by atoms with Crippen LogP contribution < -0.4 is 0 Å². The Morgan fingerprint density at radius 1 is 1.12 bits per heavy atom. The molecule has 86 valence electrons. The summed E-state index contributed by atoms with van der Waals surface area (Å²) in [5.41, 5.74) is 0. The molecule has 2 bridgehead atoms. The Labute approximate surface area is 91.5 Å². The molecule has 0 N–H and O–H groups in total. The maximum atomic E-state index is 11.6. The fourth-order valence-electron chi connectivity index (χ4n) is 2.45. The third kappa shape index (κ3) is 1.30. The molecule has 0 aromatic heterocycles. The summed E-state index contributed by atoms with van der Waals surface area (Å²) in [4.78, 5) is 35.8. The highest BCUT2D eigenvalue weighted by molar-refractivity contribution is 6.03. The molecule has 0 spiro atoms. The summed E-state index contributed by atoms with van der Waals surface area (Å²) in [6.07, 6.45) is -0.490. The highest BCUT2D eigenvalue weighted by Gasteiger charge is 2.49. The van der Waals surface area contributed by atoms with Gasteiger partial charge in [0.2, 0.25) is 18.1 Å². The van der Waals surface area contributed by atoms with E-state index in [0.717, 1.165) is 0 Å². The predicted octanol–water partition coefficient (Wildman–Crippen LogP) is -0.782. The maximum Gasteiger partial charge on any atom is 0.230 e. The van der Waals surface area contributed by atoms with Gasteiger partial charge in [0, 0.05) is 19.3 Å². The molecule has 0 aliphatic carbocycles. The van der Waals surface area contributed by atoms with E-state index in [2.05, 4.69) is 0 Å². The van der Waals surface area contributed by atoms with Crippen molar-refractivity contribution < 1.29 is 23.9 Å². The van der Waals surface area contributed by atoms with Gasteiger partial charge in [0.25, 0.3) is 0 Å². The average molecular weight is 225 g/mol. The quantitative estimate of drug-likeness (QED) is 0.547. The van der Waals surface area contributed by atoms with Crippen molar-refractivity contribution in [2.45, 2.75) is 37.7 Å². The predicted molar refractivity (Wildman–Crippen MR) is 49.1 cm³/mol. The van der Waals surface area contributed by atoms with Crippen molar-refractivity contribution >= 4 is 17.6 Å². The second-order valence-corrected chi connectivity index (χ2v) is 4.24. The summed E-state index contributed by atoms with van der Waals surface area (Å²) in [6, 6.07) is -0.464. The third-order valence-corrected chi connectivity index (χ3v) is 3.23. The van der Waals surface area contributed by atoms with Gasteiger partial charge in [-0.15, -0.1) is 0 Å². The first-order valence-electron chi connectivity index (χ1n) is 5.31. The Balaban J connectivity index is 1.86. The lowest BCUT2D eigenvalue weighted by Crippen LogP contribution is -2.51. The normalized spacial score (nSPS) is 38.6. The molecule has 6 heteroatoms. The van der Waals surface area contributed by atoms with E-state index in [9.17, 15) is 14.4 Å². The summed E-state index contributed by atoms with van der Waals surface area (Å²) >= 11 is 0. The van der Waals surface area contributed by atoms with Crippen LogP contribution in [0.4, 0.5) is 0 Å². The first-order chi connectivity index (χ1) is 7.66. The molecule has 3 saturated heterocycles. The molecule has 3 aliphatic heterocycles. The molecule has 2 amide bonds. The number of carbonyl (C=O) groups is 3. The average Bonchev–Trinajstić information content (AvgIpc) is 2.81. The minimum Gasteiger partial charge on any atom is -0.343 e. The Hall–Kier alpha value is -1.27. The van der Waals surface area contributed by atoms with Crippen LogP contribution in [0.5, 0.6) is 0 Å². The number of fused-ring (bicyclic) bond motifs is 2. The first kappa shape index (κ1) is 9.92. The van der Waals surface area contributed by atoms with Gasteiger partial charge < -0.3 is 9.47 Å². The molecular weight excluding hydrogens is 214 g/mol. The van der Waals surface area contributed by atoms with Crippen molar-refractivity contribution in [2.75, 3.05) is 6.61 Å². The fraction of sp³-hybridized carbons (Fsp3) is 0.700. The number of hydrogen-bond donors (Lipinski definition) is 0. The van der Waals surface area contributed by atoms with Crippen LogP contribution in [0.15, 0.2) is 0 Å². The number of ketones is 1. The van der Waals surface area contributed by atoms with E-state index in [-0.39, 0.29) is 49.6 Å². The van der Waals surface area contributed by atoms with Crippen LogP contribution in [0.2, 0.25) is 0 Å². The third-order valence-electron chi connectivity index (χ3n) is 3.23. The van der Waals surface area contributed by atoms with E-state index in [4.69, 9.17) is 9.47 Å². The van der Waals surface area contributed by atoms with Gasteiger partial charge in [-0.05, 0) is 0 Å². The SMILES string of the molecule is O=C1C[C@@H](N2C(=O)CCC2=O)[C@@H]2CO[C@H]1O2. The van der Waals surface area contributed by atoms with Crippen molar-refractivity contribution in [3.05, 3.63) is 0 Å². The number of hydrogen-bond acceptors (Lipinski definition) is 5. The monoisotopic (exact) mass is 225 g/mol. The zero-order chi connectivity index (χ0) is 11.3. The van der Waals surface area contributed by atoms with Gasteiger partial charge in [0.1, 0.15) is 6.10 Å². The van der Waals surface area contributed by atoms with Crippen molar-refractivity contribution in [1.29, 1.82) is 0 Å². The lowest BCUT2D eigenvalue weighted by Gasteiger charge is -2.32. The number of amides is 2. The van der Waals surface area contributed by atoms with Crippen molar-refractivity contribution in [3.8, 4) is 0 Å². The zero-order valence-electron chi connectivity index (χ0n) is 8.55. The fourth-order valence-corrected chi connectivity index (χ4v) is 2.45. The Kier molecular flexibility index (Phi) is 2.08. The van der Waals surface area contributed by atoms with Gasteiger partial charge in [0.05, 0.1) is 12.6 Å². The summed E-state index contributed by atoms with van der Waals surface area (Å²) in [5.74, 6) is -0.611. The number of carbonyl (C=O) groups excluding carboxylic acids is 3. The summed E-state index contributed by atoms with van der Waals surface area (Å²) in [7, 11) is 0. The van der Waals surface area contributed by atoms with E-state index >= 15 is 0 Å². The molecule has 6 nitrogen and oxygen atoms in total. The minimum atomic E-state index is -0.783. The lowest BCUT2D eigenvalue weighted by atomic mass is 10.0. The molecule has 0 radical (unpaired) electrons. The molecule has 3 heterocycles. The van der Waals surface area contributed by atoms with Crippen molar-refractivity contribution in [1.82, 2.24) is 4.90 Å². The number of imide groups is 1. The minimum absolute atomic E-state index is 0.160. The van der Waals surface area contributed by atoms with Gasteiger partial charge in [-0.2, -0.15) is 0 Å². The van der Waals surface area contributed by atoms with E-state index in [1.165, 1.54) is 4.90 Å². The second-order valence-electron chi connectivity index (χ2n) is 4.24. The van der Waals surface area contributed by atoms with Gasteiger partial charge >= 0.3 is 0 Å². The Morgan fingerprint density at radius 2 is 1.81 bits per heavy atom. The summed E-state index contributed by atoms with van der Waals surface area (Å²) in [6.45, 7) is 0.276.